The molecule has 13 heavy (non-hydrogen) atoms. The zero-order chi connectivity index (χ0) is 9.84. The van der Waals surface area contributed by atoms with Crippen LogP contribution in [0.25, 0.3) is 0 Å². The van der Waals surface area contributed by atoms with E-state index >= 15 is 0 Å². The Bertz CT molecular complexity index is 323. The third kappa shape index (κ3) is 2.92. The second-order valence-electron chi connectivity index (χ2n) is 2.94. The summed E-state index contributed by atoms with van der Waals surface area (Å²) >= 11 is 3.04. The highest BCUT2D eigenvalue weighted by Crippen LogP contribution is 2.11. The van der Waals surface area contributed by atoms with E-state index in [1.165, 1.54) is 6.07 Å². The van der Waals surface area contributed by atoms with E-state index in [9.17, 15) is 9.18 Å². The normalized spacial score (nSPS) is 10.1. The van der Waals surface area contributed by atoms with Gasteiger partial charge in [0, 0.05) is 6.42 Å². The Morgan fingerprint density at radius 1 is 1.54 bits per heavy atom. The maximum atomic E-state index is 13.2. The Morgan fingerprint density at radius 2 is 2.23 bits per heavy atom. The quantitative estimate of drug-likeness (QED) is 0.748. The Morgan fingerprint density at radius 3 is 2.77 bits per heavy atom. The van der Waals surface area contributed by atoms with Gasteiger partial charge in [-0.2, -0.15) is 0 Å². The average molecular weight is 245 g/mol. The molecular weight excluding hydrogens is 235 g/mol. The number of aryl methyl sites for hydroxylation is 1. The molecule has 0 unspecified atom stereocenters. The number of carbonyl (C=O) groups excluding carboxylic acids is 1. The van der Waals surface area contributed by atoms with Crippen molar-refractivity contribution in [3.8, 4) is 0 Å². The van der Waals surface area contributed by atoms with E-state index in [2.05, 4.69) is 15.9 Å². The predicted molar refractivity (Wildman–Crippen MR) is 53.6 cm³/mol. The molecule has 0 heterocycles. The van der Waals surface area contributed by atoms with Gasteiger partial charge in [-0.25, -0.2) is 4.39 Å². The van der Waals surface area contributed by atoms with E-state index in [1.807, 2.05) is 6.92 Å². The van der Waals surface area contributed by atoms with E-state index in [0.29, 0.717) is 5.56 Å². The van der Waals surface area contributed by atoms with E-state index in [4.69, 9.17) is 0 Å². The van der Waals surface area contributed by atoms with E-state index in [1.54, 1.807) is 12.1 Å². The van der Waals surface area contributed by atoms with Crippen molar-refractivity contribution in [2.45, 2.75) is 13.3 Å². The zero-order valence-electron chi connectivity index (χ0n) is 7.31. The smallest absolute Gasteiger partial charge is 0.147 e. The van der Waals surface area contributed by atoms with Gasteiger partial charge in [-0.3, -0.25) is 4.79 Å². The topological polar surface area (TPSA) is 17.1 Å². The highest BCUT2D eigenvalue weighted by atomic mass is 79.9. The Hall–Kier alpha value is -0.700. The number of carbonyl (C=O) groups is 1. The van der Waals surface area contributed by atoms with Gasteiger partial charge in [-0.1, -0.05) is 28.1 Å². The lowest BCUT2D eigenvalue weighted by atomic mass is 10.1. The summed E-state index contributed by atoms with van der Waals surface area (Å²) < 4.78 is 13.2. The summed E-state index contributed by atoms with van der Waals surface area (Å²) in [6.45, 7) is 1.82. The van der Waals surface area contributed by atoms with Gasteiger partial charge in [0.05, 0.1) is 5.33 Å². The van der Waals surface area contributed by atoms with Gasteiger partial charge in [-0.05, 0) is 24.1 Å². The summed E-state index contributed by atoms with van der Waals surface area (Å²) in [6.07, 6.45) is 0.164. The number of rotatable bonds is 3. The van der Waals surface area contributed by atoms with Gasteiger partial charge in [-0.15, -0.1) is 0 Å². The SMILES string of the molecule is Cc1ccc(CC(=O)CBr)c(F)c1. The van der Waals surface area contributed by atoms with Crippen molar-refractivity contribution in [3.63, 3.8) is 0 Å². The van der Waals surface area contributed by atoms with Crippen LogP contribution in [-0.4, -0.2) is 11.1 Å². The second-order valence-corrected chi connectivity index (χ2v) is 3.50. The third-order valence-electron chi connectivity index (χ3n) is 1.75. The van der Waals surface area contributed by atoms with Crippen LogP contribution >= 0.6 is 15.9 Å². The van der Waals surface area contributed by atoms with Crippen LogP contribution in [-0.2, 0) is 11.2 Å². The van der Waals surface area contributed by atoms with Crippen LogP contribution in [0.15, 0.2) is 18.2 Å². The molecule has 0 saturated heterocycles. The fraction of sp³-hybridized carbons (Fsp3) is 0.300. The molecule has 1 rings (SSSR count). The van der Waals surface area contributed by atoms with Crippen LogP contribution in [0.3, 0.4) is 0 Å². The molecule has 1 nitrogen and oxygen atoms in total. The van der Waals surface area contributed by atoms with Crippen molar-refractivity contribution in [3.05, 3.63) is 35.1 Å². The average Bonchev–Trinajstić information content (AvgIpc) is 2.09. The van der Waals surface area contributed by atoms with Gasteiger partial charge >= 0.3 is 0 Å². The molecule has 0 radical (unpaired) electrons. The van der Waals surface area contributed by atoms with E-state index in [-0.39, 0.29) is 23.4 Å². The minimum absolute atomic E-state index is 0.0113. The van der Waals surface area contributed by atoms with Crippen molar-refractivity contribution in [1.29, 1.82) is 0 Å². The summed E-state index contributed by atoms with van der Waals surface area (Å²) in [7, 11) is 0. The fourth-order valence-electron chi connectivity index (χ4n) is 1.06. The molecule has 0 spiro atoms. The molecule has 1 aromatic rings. The van der Waals surface area contributed by atoms with Gasteiger partial charge in [0.25, 0.3) is 0 Å². The maximum Gasteiger partial charge on any atom is 0.147 e. The second kappa shape index (κ2) is 4.51. The van der Waals surface area contributed by atoms with Gasteiger partial charge in [0.15, 0.2) is 0 Å². The van der Waals surface area contributed by atoms with Crippen molar-refractivity contribution < 1.29 is 9.18 Å². The highest BCUT2D eigenvalue weighted by Gasteiger charge is 2.06. The summed E-state index contributed by atoms with van der Waals surface area (Å²) in [4.78, 5) is 11.0. The van der Waals surface area contributed by atoms with Gasteiger partial charge in [0.1, 0.15) is 11.6 Å². The molecule has 0 aliphatic rings. The molecule has 0 atom stereocenters. The molecule has 0 saturated carbocycles. The number of benzene rings is 1. The molecule has 0 aromatic heterocycles. The standard InChI is InChI=1S/C10H10BrFO/c1-7-2-3-8(10(12)4-7)5-9(13)6-11/h2-4H,5-6H2,1H3. The fourth-order valence-corrected chi connectivity index (χ4v) is 1.25. The largest absolute Gasteiger partial charge is 0.298 e. The summed E-state index contributed by atoms with van der Waals surface area (Å²) in [5.41, 5.74) is 1.34. The van der Waals surface area contributed by atoms with Crippen LogP contribution in [0, 0.1) is 12.7 Å². The first-order valence-electron chi connectivity index (χ1n) is 3.96. The van der Waals surface area contributed by atoms with Crippen molar-refractivity contribution >= 4 is 21.7 Å². The Kier molecular flexibility index (Phi) is 3.60. The van der Waals surface area contributed by atoms with E-state index in [0.717, 1.165) is 5.56 Å². The lowest BCUT2D eigenvalue weighted by molar-refractivity contribution is -0.115. The zero-order valence-corrected chi connectivity index (χ0v) is 8.90. The summed E-state index contributed by atoms with van der Waals surface area (Å²) in [5, 5.41) is 0.278. The van der Waals surface area contributed by atoms with Crippen molar-refractivity contribution in [1.82, 2.24) is 0 Å². The molecule has 70 valence electrons. The van der Waals surface area contributed by atoms with Gasteiger partial charge in [0.2, 0.25) is 0 Å². The molecule has 1 aromatic carbocycles. The molecule has 3 heteroatoms. The number of hydrogen-bond donors (Lipinski definition) is 0. The van der Waals surface area contributed by atoms with Crippen LogP contribution in [0.5, 0.6) is 0 Å². The lowest BCUT2D eigenvalue weighted by Gasteiger charge is -2.01. The monoisotopic (exact) mass is 244 g/mol. The molecular formula is C10H10BrFO. The first-order valence-corrected chi connectivity index (χ1v) is 5.08. The van der Waals surface area contributed by atoms with Crippen molar-refractivity contribution in [2.24, 2.45) is 0 Å². The molecule has 0 bridgehead atoms. The first kappa shape index (κ1) is 10.4. The number of Topliss-reactive ketones (excluding diaryl/α,β-unsaturated/α-hetero) is 1. The predicted octanol–water partition coefficient (Wildman–Crippen LogP) is 2.64. The Balaban J connectivity index is 2.83. The van der Waals surface area contributed by atoms with Crippen LogP contribution < -0.4 is 0 Å². The van der Waals surface area contributed by atoms with Crippen LogP contribution in [0.4, 0.5) is 4.39 Å². The highest BCUT2D eigenvalue weighted by molar-refractivity contribution is 9.09. The van der Waals surface area contributed by atoms with Crippen LogP contribution in [0.1, 0.15) is 11.1 Å². The minimum Gasteiger partial charge on any atom is -0.298 e. The van der Waals surface area contributed by atoms with Gasteiger partial charge < -0.3 is 0 Å². The van der Waals surface area contributed by atoms with E-state index < -0.39 is 0 Å². The molecule has 0 fully saturated rings. The van der Waals surface area contributed by atoms with Crippen molar-refractivity contribution in [2.75, 3.05) is 5.33 Å². The lowest BCUT2D eigenvalue weighted by Crippen LogP contribution is -2.05. The first-order chi connectivity index (χ1) is 6.13. The number of alkyl halides is 1. The Labute approximate surface area is 85.1 Å². The molecule has 0 N–H and O–H groups in total. The number of hydrogen-bond acceptors (Lipinski definition) is 1. The third-order valence-corrected chi connectivity index (χ3v) is 2.37. The molecule has 0 amide bonds. The molecule has 0 aliphatic carbocycles. The van der Waals surface area contributed by atoms with Crippen LogP contribution in [0.2, 0.25) is 0 Å². The summed E-state index contributed by atoms with van der Waals surface area (Å²) in [5.74, 6) is -0.308. The minimum atomic E-state index is -0.297. The summed E-state index contributed by atoms with van der Waals surface area (Å²) in [6, 6.07) is 4.90. The number of ketones is 1. The maximum absolute atomic E-state index is 13.2. The molecule has 0 aliphatic heterocycles. The number of halogens is 2.